The predicted molar refractivity (Wildman–Crippen MR) is 106 cm³/mol. The summed E-state index contributed by atoms with van der Waals surface area (Å²) in [6.07, 6.45) is 6.33. The Morgan fingerprint density at radius 1 is 1.25 bits per heavy atom. The maximum absolute atomic E-state index is 12.4. The van der Waals surface area contributed by atoms with Crippen molar-refractivity contribution in [2.75, 3.05) is 36.9 Å². The van der Waals surface area contributed by atoms with Crippen molar-refractivity contribution in [2.45, 2.75) is 32.3 Å². The molecular formula is C20H25N5O3. The first-order chi connectivity index (χ1) is 13.7. The summed E-state index contributed by atoms with van der Waals surface area (Å²) in [4.78, 5) is 20.7. The molecule has 2 heterocycles. The van der Waals surface area contributed by atoms with Gasteiger partial charge in [-0.1, -0.05) is 0 Å². The highest BCUT2D eigenvalue weighted by molar-refractivity contribution is 6.00. The Hall–Kier alpha value is -2.71. The lowest BCUT2D eigenvalue weighted by molar-refractivity contribution is 0.000338. The van der Waals surface area contributed by atoms with Crippen LogP contribution in [-0.4, -0.2) is 48.4 Å². The maximum Gasteiger partial charge on any atom is 0.324 e. The first-order valence-electron chi connectivity index (χ1n) is 9.65. The van der Waals surface area contributed by atoms with E-state index in [4.69, 9.17) is 9.47 Å². The first-order valence-corrected chi connectivity index (χ1v) is 9.65. The van der Waals surface area contributed by atoms with E-state index < -0.39 is 0 Å². The zero-order chi connectivity index (χ0) is 19.3. The van der Waals surface area contributed by atoms with Gasteiger partial charge in [0.05, 0.1) is 30.4 Å². The molecule has 0 bridgehead atoms. The SMILES string of the molecule is Cc1cnc(NC(=O)Nc2cc3c(cc2OCC2CNCCO2)CCC3)cn1. The summed E-state index contributed by atoms with van der Waals surface area (Å²) in [7, 11) is 0. The normalized spacial score (nSPS) is 18.4. The molecule has 8 heteroatoms. The van der Waals surface area contributed by atoms with Gasteiger partial charge in [-0.15, -0.1) is 0 Å². The van der Waals surface area contributed by atoms with Gasteiger partial charge in [-0.3, -0.25) is 10.3 Å². The largest absolute Gasteiger partial charge is 0.489 e. The average Bonchev–Trinajstić information content (AvgIpc) is 3.16. The fraction of sp³-hybridized carbons (Fsp3) is 0.450. The topological polar surface area (TPSA) is 97.4 Å². The van der Waals surface area contributed by atoms with Gasteiger partial charge in [-0.2, -0.15) is 0 Å². The third-order valence-corrected chi connectivity index (χ3v) is 4.89. The van der Waals surface area contributed by atoms with Gasteiger partial charge in [0.15, 0.2) is 5.82 Å². The van der Waals surface area contributed by atoms with Crippen molar-refractivity contribution in [3.05, 3.63) is 41.3 Å². The van der Waals surface area contributed by atoms with E-state index in [-0.39, 0.29) is 12.1 Å². The first kappa shape index (κ1) is 18.6. The molecule has 1 unspecified atom stereocenters. The molecule has 2 aliphatic rings. The average molecular weight is 383 g/mol. The number of carbonyl (C=O) groups is 1. The number of aryl methyl sites for hydroxylation is 3. The van der Waals surface area contributed by atoms with E-state index in [0.717, 1.165) is 38.0 Å². The van der Waals surface area contributed by atoms with Crippen LogP contribution in [0.4, 0.5) is 16.3 Å². The lowest BCUT2D eigenvalue weighted by atomic mass is 10.1. The van der Waals surface area contributed by atoms with Crippen molar-refractivity contribution in [3.8, 4) is 5.75 Å². The molecule has 3 N–H and O–H groups in total. The molecule has 1 aliphatic carbocycles. The second kappa shape index (κ2) is 8.53. The number of anilines is 2. The molecule has 1 fully saturated rings. The van der Waals surface area contributed by atoms with E-state index in [1.807, 2.05) is 19.1 Å². The second-order valence-corrected chi connectivity index (χ2v) is 7.10. The molecule has 0 radical (unpaired) electrons. The maximum atomic E-state index is 12.4. The van der Waals surface area contributed by atoms with Crippen LogP contribution in [0.2, 0.25) is 0 Å². The smallest absolute Gasteiger partial charge is 0.324 e. The number of fused-ring (bicyclic) bond motifs is 1. The van der Waals surface area contributed by atoms with Crippen LogP contribution in [-0.2, 0) is 17.6 Å². The van der Waals surface area contributed by atoms with Gasteiger partial charge in [0, 0.05) is 13.1 Å². The van der Waals surface area contributed by atoms with Crippen molar-refractivity contribution < 1.29 is 14.3 Å². The molecule has 2 amide bonds. The molecular weight excluding hydrogens is 358 g/mol. The van der Waals surface area contributed by atoms with Crippen molar-refractivity contribution in [1.29, 1.82) is 0 Å². The van der Waals surface area contributed by atoms with Crippen LogP contribution < -0.4 is 20.7 Å². The zero-order valence-electron chi connectivity index (χ0n) is 16.0. The summed E-state index contributed by atoms with van der Waals surface area (Å²) in [6, 6.07) is 3.68. The molecule has 148 valence electrons. The van der Waals surface area contributed by atoms with Crippen LogP contribution in [0.15, 0.2) is 24.5 Å². The number of hydrogen-bond acceptors (Lipinski definition) is 6. The number of hydrogen-bond donors (Lipinski definition) is 3. The number of morpholine rings is 1. The third kappa shape index (κ3) is 4.58. The van der Waals surface area contributed by atoms with E-state index in [1.54, 1.807) is 6.20 Å². The van der Waals surface area contributed by atoms with Gasteiger partial charge in [-0.25, -0.2) is 9.78 Å². The summed E-state index contributed by atoms with van der Waals surface area (Å²) in [5, 5.41) is 8.89. The van der Waals surface area contributed by atoms with Crippen molar-refractivity contribution in [2.24, 2.45) is 0 Å². The summed E-state index contributed by atoms with van der Waals surface area (Å²) in [5.41, 5.74) is 3.99. The molecule has 2 aromatic rings. The number of nitrogens with one attached hydrogen (secondary N) is 3. The van der Waals surface area contributed by atoms with Gasteiger partial charge in [0.1, 0.15) is 18.5 Å². The minimum atomic E-state index is -0.378. The molecule has 1 aromatic heterocycles. The highest BCUT2D eigenvalue weighted by Crippen LogP contribution is 2.33. The van der Waals surface area contributed by atoms with Crippen LogP contribution in [0.5, 0.6) is 5.75 Å². The molecule has 1 saturated heterocycles. The van der Waals surface area contributed by atoms with E-state index >= 15 is 0 Å². The fourth-order valence-corrected chi connectivity index (χ4v) is 3.46. The minimum absolute atomic E-state index is 0.00603. The number of aromatic nitrogens is 2. The summed E-state index contributed by atoms with van der Waals surface area (Å²) in [6.45, 7) is 4.59. The quantitative estimate of drug-likeness (QED) is 0.733. The molecule has 4 rings (SSSR count). The number of nitrogens with zero attached hydrogens (tertiary/aromatic N) is 2. The zero-order valence-corrected chi connectivity index (χ0v) is 16.0. The third-order valence-electron chi connectivity index (χ3n) is 4.89. The number of carbonyl (C=O) groups excluding carboxylic acids is 1. The monoisotopic (exact) mass is 383 g/mol. The van der Waals surface area contributed by atoms with Gasteiger partial charge < -0.3 is 20.1 Å². The van der Waals surface area contributed by atoms with Crippen LogP contribution in [0, 0.1) is 6.92 Å². The standard InChI is InChI=1S/C20H25N5O3/c1-13-9-23-19(11-22-13)25-20(26)24-17-7-14-3-2-4-15(14)8-18(17)28-12-16-10-21-5-6-27-16/h7-9,11,16,21H,2-6,10,12H2,1H3,(H2,23,24,25,26). The Kier molecular flexibility index (Phi) is 5.68. The van der Waals surface area contributed by atoms with Crippen LogP contribution >= 0.6 is 0 Å². The Labute approximate surface area is 164 Å². The van der Waals surface area contributed by atoms with Gasteiger partial charge in [-0.05, 0) is 49.4 Å². The Bertz CT molecular complexity index is 834. The van der Waals surface area contributed by atoms with E-state index in [2.05, 4.69) is 25.9 Å². The van der Waals surface area contributed by atoms with Crippen molar-refractivity contribution >= 4 is 17.5 Å². The number of amides is 2. The van der Waals surface area contributed by atoms with Crippen molar-refractivity contribution in [1.82, 2.24) is 15.3 Å². The number of ether oxygens (including phenoxy) is 2. The molecule has 1 atom stereocenters. The summed E-state index contributed by atoms with van der Waals surface area (Å²) >= 11 is 0. The summed E-state index contributed by atoms with van der Waals surface area (Å²) in [5.74, 6) is 1.06. The molecule has 1 aromatic carbocycles. The highest BCUT2D eigenvalue weighted by Gasteiger charge is 2.19. The Morgan fingerprint density at radius 2 is 2.11 bits per heavy atom. The Morgan fingerprint density at radius 3 is 2.86 bits per heavy atom. The van der Waals surface area contributed by atoms with Crippen LogP contribution in [0.1, 0.15) is 23.2 Å². The van der Waals surface area contributed by atoms with Crippen LogP contribution in [0.25, 0.3) is 0 Å². The van der Waals surface area contributed by atoms with Crippen LogP contribution in [0.3, 0.4) is 0 Å². The summed E-state index contributed by atoms with van der Waals surface area (Å²) < 4.78 is 11.7. The van der Waals surface area contributed by atoms with Gasteiger partial charge >= 0.3 is 6.03 Å². The lowest BCUT2D eigenvalue weighted by Crippen LogP contribution is -2.41. The molecule has 0 spiro atoms. The lowest BCUT2D eigenvalue weighted by Gasteiger charge is -2.24. The molecule has 28 heavy (non-hydrogen) atoms. The second-order valence-electron chi connectivity index (χ2n) is 7.10. The fourth-order valence-electron chi connectivity index (χ4n) is 3.46. The van der Waals surface area contributed by atoms with E-state index in [1.165, 1.54) is 17.3 Å². The highest BCUT2D eigenvalue weighted by atomic mass is 16.5. The van der Waals surface area contributed by atoms with E-state index in [9.17, 15) is 4.79 Å². The molecule has 1 aliphatic heterocycles. The minimum Gasteiger partial charge on any atom is -0.489 e. The predicted octanol–water partition coefficient (Wildman–Crippen LogP) is 2.28. The van der Waals surface area contributed by atoms with Gasteiger partial charge in [0.25, 0.3) is 0 Å². The molecule has 8 nitrogen and oxygen atoms in total. The van der Waals surface area contributed by atoms with Crippen molar-refractivity contribution in [3.63, 3.8) is 0 Å². The number of urea groups is 1. The van der Waals surface area contributed by atoms with Gasteiger partial charge in [0.2, 0.25) is 0 Å². The number of benzene rings is 1. The number of rotatable bonds is 5. The Balaban J connectivity index is 1.46. The molecule has 0 saturated carbocycles. The van der Waals surface area contributed by atoms with E-state index in [0.29, 0.717) is 30.5 Å².